The van der Waals surface area contributed by atoms with Crippen LogP contribution in [0, 0.1) is 6.92 Å². The Morgan fingerprint density at radius 3 is 2.59 bits per heavy atom. The largest absolute Gasteiger partial charge is 0.482 e. The molecule has 1 N–H and O–H groups in total. The fraction of sp³-hybridized carbons (Fsp3) is 0.150. The van der Waals surface area contributed by atoms with E-state index >= 15 is 0 Å². The first-order valence-corrected chi connectivity index (χ1v) is 8.20. The second-order valence-corrected chi connectivity index (χ2v) is 5.74. The van der Waals surface area contributed by atoms with Crippen molar-refractivity contribution < 1.29 is 23.6 Å². The first-order valence-electron chi connectivity index (χ1n) is 8.20. The number of ether oxygens (including phenoxy) is 2. The number of nitrogens with one attached hydrogen (secondary N) is 1. The first-order chi connectivity index (χ1) is 13.1. The third kappa shape index (κ3) is 4.52. The number of esters is 1. The lowest BCUT2D eigenvalue weighted by Gasteiger charge is -2.10. The Morgan fingerprint density at radius 2 is 1.89 bits per heavy atom. The summed E-state index contributed by atoms with van der Waals surface area (Å²) < 4.78 is 15.1. The van der Waals surface area contributed by atoms with E-state index in [9.17, 15) is 9.59 Å². The lowest BCUT2D eigenvalue weighted by Crippen LogP contribution is -2.14. The van der Waals surface area contributed by atoms with Crippen molar-refractivity contribution in [2.75, 3.05) is 19.0 Å². The number of rotatable bonds is 6. The Hall–Kier alpha value is -3.61. The van der Waals surface area contributed by atoms with E-state index in [1.807, 2.05) is 37.3 Å². The van der Waals surface area contributed by atoms with Gasteiger partial charge in [0.05, 0.1) is 7.11 Å². The molecule has 1 heterocycles. The fourth-order valence-corrected chi connectivity index (χ4v) is 2.37. The molecule has 0 fully saturated rings. The van der Waals surface area contributed by atoms with Crippen molar-refractivity contribution in [3.8, 4) is 17.1 Å². The number of carbonyl (C=O) groups excluding carboxylic acids is 2. The summed E-state index contributed by atoms with van der Waals surface area (Å²) in [6, 6.07) is 16.1. The quantitative estimate of drug-likeness (QED) is 0.672. The molecule has 2 aromatic carbocycles. The van der Waals surface area contributed by atoms with Gasteiger partial charge in [-0.2, -0.15) is 0 Å². The molecule has 0 saturated carbocycles. The molecule has 0 saturated heterocycles. The summed E-state index contributed by atoms with van der Waals surface area (Å²) in [5.41, 5.74) is 2.40. The molecule has 0 unspecified atom stereocenters. The molecule has 1 aromatic heterocycles. The minimum atomic E-state index is -0.467. The van der Waals surface area contributed by atoms with Crippen molar-refractivity contribution >= 4 is 17.6 Å². The topological polar surface area (TPSA) is 90.7 Å². The van der Waals surface area contributed by atoms with E-state index in [-0.39, 0.29) is 18.2 Å². The second kappa shape index (κ2) is 8.18. The number of hydrogen-bond donors (Lipinski definition) is 1. The molecule has 27 heavy (non-hydrogen) atoms. The minimum Gasteiger partial charge on any atom is -0.482 e. The van der Waals surface area contributed by atoms with Crippen LogP contribution in [0.4, 0.5) is 5.69 Å². The number of amides is 1. The highest BCUT2D eigenvalue weighted by molar-refractivity contribution is 6.03. The van der Waals surface area contributed by atoms with Gasteiger partial charge in [-0.25, -0.2) is 4.79 Å². The van der Waals surface area contributed by atoms with Gasteiger partial charge in [0.1, 0.15) is 5.75 Å². The molecule has 3 rings (SSSR count). The molecule has 0 bridgehead atoms. The Kier molecular flexibility index (Phi) is 5.51. The predicted molar refractivity (Wildman–Crippen MR) is 98.6 cm³/mol. The molecule has 0 aliphatic heterocycles. The number of nitrogens with zero attached hydrogens (tertiary/aromatic N) is 1. The van der Waals surface area contributed by atoms with Crippen LogP contribution in [0.15, 0.2) is 59.1 Å². The van der Waals surface area contributed by atoms with E-state index in [1.165, 1.54) is 7.11 Å². The Morgan fingerprint density at radius 1 is 1.11 bits per heavy atom. The average Bonchev–Trinajstić information content (AvgIpc) is 3.19. The Balaban J connectivity index is 1.67. The van der Waals surface area contributed by atoms with Crippen molar-refractivity contribution in [2.24, 2.45) is 0 Å². The van der Waals surface area contributed by atoms with Gasteiger partial charge in [-0.05, 0) is 30.7 Å². The van der Waals surface area contributed by atoms with Gasteiger partial charge in [-0.3, -0.25) is 4.79 Å². The second-order valence-electron chi connectivity index (χ2n) is 5.74. The lowest BCUT2D eigenvalue weighted by molar-refractivity contribution is -0.142. The molecular formula is C20H18N2O5. The minimum absolute atomic E-state index is 0.178. The maximum Gasteiger partial charge on any atom is 0.343 e. The number of hydrogen-bond acceptors (Lipinski definition) is 6. The standard InChI is InChI=1S/C20H18N2O5/c1-13-10-15(26-12-19(23)25-2)8-9-16(13)21-20(24)17-11-18(27-22-17)14-6-4-3-5-7-14/h3-11H,12H2,1-2H3,(H,21,24). The Bertz CT molecular complexity index is 950. The number of carbonyl (C=O) groups is 2. The van der Waals surface area contributed by atoms with Gasteiger partial charge in [0.2, 0.25) is 0 Å². The highest BCUT2D eigenvalue weighted by Gasteiger charge is 2.15. The molecule has 0 radical (unpaired) electrons. The third-order valence-corrected chi connectivity index (χ3v) is 3.83. The normalized spacial score (nSPS) is 10.3. The summed E-state index contributed by atoms with van der Waals surface area (Å²) in [4.78, 5) is 23.5. The van der Waals surface area contributed by atoms with Crippen LogP contribution in [-0.2, 0) is 9.53 Å². The maximum atomic E-state index is 12.4. The zero-order valence-electron chi connectivity index (χ0n) is 14.9. The summed E-state index contributed by atoms with van der Waals surface area (Å²) >= 11 is 0. The fourth-order valence-electron chi connectivity index (χ4n) is 2.37. The van der Waals surface area contributed by atoms with Gasteiger partial charge in [0.25, 0.3) is 5.91 Å². The summed E-state index contributed by atoms with van der Waals surface area (Å²) in [5, 5.41) is 6.62. The van der Waals surface area contributed by atoms with Crippen LogP contribution in [-0.4, -0.2) is 30.7 Å². The highest BCUT2D eigenvalue weighted by atomic mass is 16.6. The van der Waals surface area contributed by atoms with Gasteiger partial charge in [0, 0.05) is 17.3 Å². The van der Waals surface area contributed by atoms with E-state index in [2.05, 4.69) is 15.2 Å². The molecule has 0 atom stereocenters. The SMILES string of the molecule is COC(=O)COc1ccc(NC(=O)c2cc(-c3ccccc3)on2)c(C)c1. The van der Waals surface area contributed by atoms with Crippen LogP contribution >= 0.6 is 0 Å². The molecule has 0 aliphatic carbocycles. The van der Waals surface area contributed by atoms with E-state index < -0.39 is 5.97 Å². The number of methoxy groups -OCH3 is 1. The molecule has 1 amide bonds. The van der Waals surface area contributed by atoms with Crippen LogP contribution in [0.25, 0.3) is 11.3 Å². The number of benzene rings is 2. The molecule has 3 aromatic rings. The van der Waals surface area contributed by atoms with Gasteiger partial charge < -0.3 is 19.3 Å². The van der Waals surface area contributed by atoms with Crippen LogP contribution < -0.4 is 10.1 Å². The van der Waals surface area contributed by atoms with Gasteiger partial charge in [0.15, 0.2) is 18.1 Å². The first kappa shape index (κ1) is 18.2. The van der Waals surface area contributed by atoms with E-state index in [0.717, 1.165) is 11.1 Å². The van der Waals surface area contributed by atoms with Crippen molar-refractivity contribution in [3.63, 3.8) is 0 Å². The summed E-state index contributed by atoms with van der Waals surface area (Å²) in [7, 11) is 1.29. The monoisotopic (exact) mass is 366 g/mol. The zero-order valence-corrected chi connectivity index (χ0v) is 14.9. The van der Waals surface area contributed by atoms with Gasteiger partial charge in [-0.1, -0.05) is 35.5 Å². The van der Waals surface area contributed by atoms with Gasteiger partial charge >= 0.3 is 5.97 Å². The van der Waals surface area contributed by atoms with Crippen molar-refractivity contribution in [1.82, 2.24) is 5.16 Å². The summed E-state index contributed by atoms with van der Waals surface area (Å²) in [6.07, 6.45) is 0. The smallest absolute Gasteiger partial charge is 0.343 e. The molecular weight excluding hydrogens is 348 g/mol. The summed E-state index contributed by atoms with van der Waals surface area (Å²) in [6.45, 7) is 1.64. The molecule has 138 valence electrons. The van der Waals surface area contributed by atoms with E-state index in [4.69, 9.17) is 9.26 Å². The molecule has 7 heteroatoms. The zero-order chi connectivity index (χ0) is 19.2. The van der Waals surface area contributed by atoms with Gasteiger partial charge in [-0.15, -0.1) is 0 Å². The van der Waals surface area contributed by atoms with Crippen LogP contribution in [0.1, 0.15) is 16.1 Å². The lowest BCUT2D eigenvalue weighted by atomic mass is 10.1. The maximum absolute atomic E-state index is 12.4. The van der Waals surface area contributed by atoms with Crippen molar-refractivity contribution in [1.29, 1.82) is 0 Å². The van der Waals surface area contributed by atoms with Crippen molar-refractivity contribution in [2.45, 2.75) is 6.92 Å². The van der Waals surface area contributed by atoms with Crippen LogP contribution in [0.2, 0.25) is 0 Å². The third-order valence-electron chi connectivity index (χ3n) is 3.83. The predicted octanol–water partition coefficient (Wildman–Crippen LogP) is 3.45. The number of anilines is 1. The Labute approximate surface area is 155 Å². The molecule has 0 spiro atoms. The van der Waals surface area contributed by atoms with Crippen LogP contribution in [0.5, 0.6) is 5.75 Å². The molecule has 0 aliphatic rings. The van der Waals surface area contributed by atoms with E-state index in [1.54, 1.807) is 24.3 Å². The molecule has 7 nitrogen and oxygen atoms in total. The average molecular weight is 366 g/mol. The number of aryl methyl sites for hydroxylation is 1. The van der Waals surface area contributed by atoms with E-state index in [0.29, 0.717) is 17.2 Å². The summed E-state index contributed by atoms with van der Waals surface area (Å²) in [5.74, 6) is 0.172. The van der Waals surface area contributed by atoms with Crippen molar-refractivity contribution in [3.05, 3.63) is 65.9 Å². The highest BCUT2D eigenvalue weighted by Crippen LogP contribution is 2.23. The van der Waals surface area contributed by atoms with Crippen LogP contribution in [0.3, 0.4) is 0 Å². The number of aromatic nitrogens is 1.